The Hall–Kier alpha value is -1.35. The van der Waals surface area contributed by atoms with Crippen molar-refractivity contribution in [2.75, 3.05) is 6.61 Å². The summed E-state index contributed by atoms with van der Waals surface area (Å²) in [6, 6.07) is 4.76. The van der Waals surface area contributed by atoms with Crippen LogP contribution in [-0.2, 0) is 4.79 Å². The van der Waals surface area contributed by atoms with Crippen LogP contribution in [0.3, 0.4) is 0 Å². The molecule has 0 saturated heterocycles. The molecule has 0 atom stereocenters. The predicted molar refractivity (Wildman–Crippen MR) is 62.2 cm³/mol. The van der Waals surface area contributed by atoms with Gasteiger partial charge in [0.15, 0.2) is 11.6 Å². The second-order valence-electron chi connectivity index (χ2n) is 3.38. The Kier molecular flexibility index (Phi) is 4.50. The number of hydrogen-bond donors (Lipinski definition) is 0. The Morgan fingerprint density at radius 2 is 2.06 bits per heavy atom. The summed E-state index contributed by atoms with van der Waals surface area (Å²) in [6.45, 7) is 3.24. The highest BCUT2D eigenvalue weighted by molar-refractivity contribution is 6.32. The Bertz CT molecular complexity index is 413. The molecule has 0 unspecified atom stereocenters. The van der Waals surface area contributed by atoms with Crippen LogP contribution in [0.15, 0.2) is 18.2 Å². The van der Waals surface area contributed by atoms with Crippen molar-refractivity contribution in [2.45, 2.75) is 20.3 Å². The van der Waals surface area contributed by atoms with E-state index in [2.05, 4.69) is 0 Å². The summed E-state index contributed by atoms with van der Waals surface area (Å²) in [5, 5.41) is 0.344. The van der Waals surface area contributed by atoms with Gasteiger partial charge in [0.25, 0.3) is 0 Å². The number of carbonyl (C=O) groups excluding carboxylic acids is 2. The Morgan fingerprint density at radius 3 is 2.56 bits per heavy atom. The van der Waals surface area contributed by atoms with Crippen LogP contribution in [0, 0.1) is 0 Å². The molecule has 3 nitrogen and oxygen atoms in total. The lowest BCUT2D eigenvalue weighted by atomic mass is 10.1. The molecular weight excluding hydrogens is 228 g/mol. The fourth-order valence-corrected chi connectivity index (χ4v) is 1.33. The number of rotatable bonds is 5. The maximum Gasteiger partial charge on any atom is 0.169 e. The molecule has 0 aliphatic heterocycles. The molecule has 0 bridgehead atoms. The van der Waals surface area contributed by atoms with Crippen LogP contribution in [-0.4, -0.2) is 18.2 Å². The number of halogens is 1. The minimum absolute atomic E-state index is 0.00621. The van der Waals surface area contributed by atoms with Crippen molar-refractivity contribution in [2.24, 2.45) is 0 Å². The minimum Gasteiger partial charge on any atom is -0.484 e. The van der Waals surface area contributed by atoms with Gasteiger partial charge in [-0.05, 0) is 25.1 Å². The van der Waals surface area contributed by atoms with E-state index in [4.69, 9.17) is 16.3 Å². The first-order valence-electron chi connectivity index (χ1n) is 4.99. The summed E-state index contributed by atoms with van der Waals surface area (Å²) in [6.07, 6.45) is 0.434. The topological polar surface area (TPSA) is 43.4 Å². The van der Waals surface area contributed by atoms with Gasteiger partial charge in [0, 0.05) is 12.0 Å². The highest BCUT2D eigenvalue weighted by Gasteiger charge is 2.07. The predicted octanol–water partition coefficient (Wildman–Crippen LogP) is 2.90. The first-order chi connectivity index (χ1) is 7.54. The second kappa shape index (κ2) is 5.66. The molecule has 86 valence electrons. The Balaban J connectivity index is 2.75. The van der Waals surface area contributed by atoms with Gasteiger partial charge in [-0.25, -0.2) is 0 Å². The van der Waals surface area contributed by atoms with Crippen molar-refractivity contribution in [1.29, 1.82) is 0 Å². The quantitative estimate of drug-likeness (QED) is 0.744. The molecule has 0 aliphatic carbocycles. The third-order valence-electron chi connectivity index (χ3n) is 2.12. The van der Waals surface area contributed by atoms with Gasteiger partial charge in [0.2, 0.25) is 0 Å². The van der Waals surface area contributed by atoms with E-state index in [1.807, 2.05) is 0 Å². The number of benzene rings is 1. The first-order valence-corrected chi connectivity index (χ1v) is 5.37. The van der Waals surface area contributed by atoms with Crippen LogP contribution in [0.25, 0.3) is 0 Å². The average molecular weight is 241 g/mol. The Labute approximate surface area is 99.4 Å². The molecule has 1 rings (SSSR count). The van der Waals surface area contributed by atoms with Crippen molar-refractivity contribution >= 4 is 23.2 Å². The van der Waals surface area contributed by atoms with Gasteiger partial charge in [-0.2, -0.15) is 0 Å². The molecule has 4 heteroatoms. The molecule has 1 aromatic carbocycles. The van der Waals surface area contributed by atoms with E-state index in [0.717, 1.165) is 0 Å². The summed E-state index contributed by atoms with van der Waals surface area (Å²) in [5.41, 5.74) is 0.527. The van der Waals surface area contributed by atoms with Crippen LogP contribution in [0.1, 0.15) is 30.6 Å². The average Bonchev–Trinajstić information content (AvgIpc) is 2.26. The molecule has 16 heavy (non-hydrogen) atoms. The van der Waals surface area contributed by atoms with Gasteiger partial charge in [-0.15, -0.1) is 0 Å². The zero-order valence-corrected chi connectivity index (χ0v) is 10.0. The van der Waals surface area contributed by atoms with E-state index in [1.165, 1.54) is 13.0 Å². The van der Waals surface area contributed by atoms with E-state index in [1.54, 1.807) is 19.1 Å². The van der Waals surface area contributed by atoms with Crippen LogP contribution in [0.4, 0.5) is 0 Å². The SMILES string of the molecule is CCC(=O)COc1ccc(C(C)=O)cc1Cl. The molecular formula is C12H13ClO3. The summed E-state index contributed by atoms with van der Waals surface area (Å²) >= 11 is 5.91. The number of carbonyl (C=O) groups is 2. The molecule has 0 N–H and O–H groups in total. The Morgan fingerprint density at radius 1 is 1.38 bits per heavy atom. The number of Topliss-reactive ketones (excluding diaryl/α,β-unsaturated/α-hetero) is 2. The van der Waals surface area contributed by atoms with Crippen LogP contribution < -0.4 is 4.74 Å². The van der Waals surface area contributed by atoms with Crippen molar-refractivity contribution in [3.63, 3.8) is 0 Å². The van der Waals surface area contributed by atoms with Gasteiger partial charge in [-0.1, -0.05) is 18.5 Å². The zero-order valence-electron chi connectivity index (χ0n) is 9.25. The third kappa shape index (κ3) is 3.35. The van der Waals surface area contributed by atoms with Crippen molar-refractivity contribution in [3.8, 4) is 5.75 Å². The largest absolute Gasteiger partial charge is 0.484 e. The smallest absolute Gasteiger partial charge is 0.169 e. The van der Waals surface area contributed by atoms with Crippen LogP contribution in [0.5, 0.6) is 5.75 Å². The molecule has 0 radical (unpaired) electrons. The van der Waals surface area contributed by atoms with Crippen molar-refractivity contribution < 1.29 is 14.3 Å². The summed E-state index contributed by atoms with van der Waals surface area (Å²) in [5.74, 6) is 0.373. The van der Waals surface area contributed by atoms with E-state index in [-0.39, 0.29) is 18.2 Å². The van der Waals surface area contributed by atoms with E-state index in [0.29, 0.717) is 22.8 Å². The van der Waals surface area contributed by atoms with Gasteiger partial charge in [0.05, 0.1) is 5.02 Å². The molecule has 0 amide bonds. The summed E-state index contributed by atoms with van der Waals surface area (Å²) < 4.78 is 5.23. The number of ketones is 2. The molecule has 0 fully saturated rings. The standard InChI is InChI=1S/C12H13ClO3/c1-3-10(15)7-16-12-5-4-9(8(2)14)6-11(12)13/h4-6H,3,7H2,1-2H3. The van der Waals surface area contributed by atoms with Crippen LogP contribution in [0.2, 0.25) is 5.02 Å². The van der Waals surface area contributed by atoms with E-state index < -0.39 is 0 Å². The maximum absolute atomic E-state index is 11.1. The maximum atomic E-state index is 11.1. The lowest BCUT2D eigenvalue weighted by Gasteiger charge is -2.07. The highest BCUT2D eigenvalue weighted by atomic mass is 35.5. The molecule has 0 heterocycles. The lowest BCUT2D eigenvalue weighted by Crippen LogP contribution is -2.09. The molecule has 0 saturated carbocycles. The van der Waals surface area contributed by atoms with Gasteiger partial charge >= 0.3 is 0 Å². The van der Waals surface area contributed by atoms with E-state index in [9.17, 15) is 9.59 Å². The molecule has 0 aliphatic rings. The van der Waals surface area contributed by atoms with Crippen LogP contribution >= 0.6 is 11.6 Å². The fraction of sp³-hybridized carbons (Fsp3) is 0.333. The van der Waals surface area contributed by atoms with Gasteiger partial charge in [-0.3, -0.25) is 9.59 Å². The van der Waals surface area contributed by atoms with Gasteiger partial charge < -0.3 is 4.74 Å². The monoisotopic (exact) mass is 240 g/mol. The van der Waals surface area contributed by atoms with E-state index >= 15 is 0 Å². The fourth-order valence-electron chi connectivity index (χ4n) is 1.10. The lowest BCUT2D eigenvalue weighted by molar-refractivity contribution is -0.120. The highest BCUT2D eigenvalue weighted by Crippen LogP contribution is 2.25. The normalized spacial score (nSPS) is 9.94. The molecule has 0 aromatic heterocycles. The summed E-state index contributed by atoms with van der Waals surface area (Å²) in [4.78, 5) is 22.1. The first kappa shape index (κ1) is 12.7. The molecule has 1 aromatic rings. The van der Waals surface area contributed by atoms with Gasteiger partial charge in [0.1, 0.15) is 12.4 Å². The van der Waals surface area contributed by atoms with Crippen molar-refractivity contribution in [3.05, 3.63) is 28.8 Å². The second-order valence-corrected chi connectivity index (χ2v) is 3.79. The minimum atomic E-state index is -0.0573. The number of hydrogen-bond acceptors (Lipinski definition) is 3. The summed E-state index contributed by atoms with van der Waals surface area (Å²) in [7, 11) is 0. The molecule has 0 spiro atoms. The van der Waals surface area contributed by atoms with Crippen molar-refractivity contribution in [1.82, 2.24) is 0 Å². The zero-order chi connectivity index (χ0) is 12.1. The third-order valence-corrected chi connectivity index (χ3v) is 2.42. The number of ether oxygens (including phenoxy) is 1.